The van der Waals surface area contributed by atoms with Crippen LogP contribution in [0.2, 0.25) is 0 Å². The fourth-order valence-corrected chi connectivity index (χ4v) is 3.03. The number of hydrogen-bond donors (Lipinski definition) is 0. The van der Waals surface area contributed by atoms with Crippen molar-refractivity contribution in [2.75, 3.05) is 18.0 Å². The van der Waals surface area contributed by atoms with E-state index in [2.05, 4.69) is 36.1 Å². The van der Waals surface area contributed by atoms with E-state index in [1.807, 2.05) is 31.2 Å². The van der Waals surface area contributed by atoms with Crippen LogP contribution in [-0.4, -0.2) is 18.9 Å². The number of aryl methyl sites for hydroxylation is 2. The molecule has 0 spiro atoms. The summed E-state index contributed by atoms with van der Waals surface area (Å²) in [5, 5.41) is 0. The smallest absolute Gasteiger partial charge is 0.168 e. The molecule has 0 N–H and O–H groups in total. The fourth-order valence-electron chi connectivity index (χ4n) is 3.03. The molecule has 2 aromatic carbocycles. The van der Waals surface area contributed by atoms with Crippen LogP contribution in [0, 0.1) is 19.8 Å². The van der Waals surface area contributed by atoms with Gasteiger partial charge in [-0.15, -0.1) is 0 Å². The summed E-state index contributed by atoms with van der Waals surface area (Å²) in [5.41, 5.74) is 4.45. The number of ketones is 1. The molecule has 1 heterocycles. The maximum atomic E-state index is 12.7. The lowest BCUT2D eigenvalue weighted by molar-refractivity contribution is 0.0930. The zero-order chi connectivity index (χ0) is 14.8. The standard InChI is InChI=1S/C19H21NO/c1-14-7-9-17(10-8-14)20-12-11-16(13-20)19(21)18-6-4-3-5-15(18)2/h3-10,16H,11-13H2,1-2H3. The van der Waals surface area contributed by atoms with Crippen LogP contribution in [0.1, 0.15) is 27.9 Å². The van der Waals surface area contributed by atoms with Gasteiger partial charge in [0.2, 0.25) is 0 Å². The Kier molecular flexibility index (Phi) is 3.78. The van der Waals surface area contributed by atoms with Gasteiger partial charge in [0.25, 0.3) is 0 Å². The van der Waals surface area contributed by atoms with E-state index in [1.54, 1.807) is 0 Å². The van der Waals surface area contributed by atoms with Crippen molar-refractivity contribution in [3.8, 4) is 0 Å². The van der Waals surface area contributed by atoms with E-state index in [4.69, 9.17) is 0 Å². The normalized spacial score (nSPS) is 18.0. The van der Waals surface area contributed by atoms with Gasteiger partial charge in [0, 0.05) is 30.3 Å². The third kappa shape index (κ3) is 2.85. The topological polar surface area (TPSA) is 20.3 Å². The summed E-state index contributed by atoms with van der Waals surface area (Å²) >= 11 is 0. The van der Waals surface area contributed by atoms with Crippen LogP contribution in [0.5, 0.6) is 0 Å². The van der Waals surface area contributed by atoms with Crippen molar-refractivity contribution >= 4 is 11.5 Å². The fraction of sp³-hybridized carbons (Fsp3) is 0.316. The van der Waals surface area contributed by atoms with Gasteiger partial charge in [0.05, 0.1) is 0 Å². The lowest BCUT2D eigenvalue weighted by Gasteiger charge is -2.18. The lowest BCUT2D eigenvalue weighted by Crippen LogP contribution is -2.23. The Hall–Kier alpha value is -2.09. The molecule has 1 unspecified atom stereocenters. The zero-order valence-corrected chi connectivity index (χ0v) is 12.7. The number of hydrogen-bond acceptors (Lipinski definition) is 2. The number of carbonyl (C=O) groups is 1. The van der Waals surface area contributed by atoms with Crippen molar-refractivity contribution in [1.82, 2.24) is 0 Å². The second-order valence-electron chi connectivity index (χ2n) is 5.95. The highest BCUT2D eigenvalue weighted by molar-refractivity contribution is 5.99. The summed E-state index contributed by atoms with van der Waals surface area (Å²) in [4.78, 5) is 15.0. The summed E-state index contributed by atoms with van der Waals surface area (Å²) < 4.78 is 0. The van der Waals surface area contributed by atoms with Crippen molar-refractivity contribution in [3.63, 3.8) is 0 Å². The molecule has 1 fully saturated rings. The molecule has 0 saturated carbocycles. The Morgan fingerprint density at radius 1 is 1.05 bits per heavy atom. The van der Waals surface area contributed by atoms with Crippen LogP contribution in [0.4, 0.5) is 5.69 Å². The molecule has 0 bridgehead atoms. The maximum absolute atomic E-state index is 12.7. The highest BCUT2D eigenvalue weighted by Gasteiger charge is 2.29. The van der Waals surface area contributed by atoms with Crippen molar-refractivity contribution in [2.45, 2.75) is 20.3 Å². The number of benzene rings is 2. The molecule has 0 aliphatic carbocycles. The second-order valence-corrected chi connectivity index (χ2v) is 5.95. The summed E-state index contributed by atoms with van der Waals surface area (Å²) in [6.45, 7) is 5.90. The van der Waals surface area contributed by atoms with Crippen LogP contribution >= 0.6 is 0 Å². The Balaban J connectivity index is 1.74. The molecule has 3 rings (SSSR count). The second kappa shape index (κ2) is 5.72. The molecule has 1 aliphatic rings. The first kappa shape index (κ1) is 13.9. The van der Waals surface area contributed by atoms with Crippen LogP contribution in [-0.2, 0) is 0 Å². The Morgan fingerprint density at radius 3 is 2.48 bits per heavy atom. The van der Waals surface area contributed by atoms with E-state index in [0.717, 1.165) is 30.6 Å². The molecule has 0 amide bonds. The van der Waals surface area contributed by atoms with Crippen molar-refractivity contribution in [3.05, 3.63) is 65.2 Å². The van der Waals surface area contributed by atoms with Gasteiger partial charge in [-0.1, -0.05) is 42.0 Å². The molecule has 1 saturated heterocycles. The van der Waals surface area contributed by atoms with Gasteiger partial charge >= 0.3 is 0 Å². The molecule has 0 aromatic heterocycles. The molecule has 1 atom stereocenters. The predicted octanol–water partition coefficient (Wildman–Crippen LogP) is 4.01. The minimum atomic E-state index is 0.118. The quantitative estimate of drug-likeness (QED) is 0.791. The number of rotatable bonds is 3. The molecule has 0 radical (unpaired) electrons. The average Bonchev–Trinajstić information content (AvgIpc) is 2.98. The minimum absolute atomic E-state index is 0.118. The van der Waals surface area contributed by atoms with Gasteiger partial charge in [-0.2, -0.15) is 0 Å². The molecule has 2 nitrogen and oxygen atoms in total. The maximum Gasteiger partial charge on any atom is 0.168 e. The summed E-state index contributed by atoms with van der Waals surface area (Å²) in [5.74, 6) is 0.412. The Labute approximate surface area is 126 Å². The van der Waals surface area contributed by atoms with E-state index in [9.17, 15) is 4.79 Å². The largest absolute Gasteiger partial charge is 0.371 e. The van der Waals surface area contributed by atoms with Crippen LogP contribution in [0.15, 0.2) is 48.5 Å². The van der Waals surface area contributed by atoms with Gasteiger partial charge < -0.3 is 4.90 Å². The molecule has 1 aliphatic heterocycles. The molecular formula is C19H21NO. The van der Waals surface area contributed by atoms with Gasteiger partial charge in [0.15, 0.2) is 5.78 Å². The third-order valence-corrected chi connectivity index (χ3v) is 4.37. The predicted molar refractivity (Wildman–Crippen MR) is 87.0 cm³/mol. The molecular weight excluding hydrogens is 258 g/mol. The van der Waals surface area contributed by atoms with Gasteiger partial charge in [-0.05, 0) is 38.0 Å². The van der Waals surface area contributed by atoms with Crippen molar-refractivity contribution in [2.24, 2.45) is 5.92 Å². The average molecular weight is 279 g/mol. The monoisotopic (exact) mass is 279 g/mol. The summed E-state index contributed by atoms with van der Waals surface area (Å²) in [6, 6.07) is 16.5. The van der Waals surface area contributed by atoms with Crippen molar-refractivity contribution < 1.29 is 4.79 Å². The lowest BCUT2D eigenvalue weighted by atomic mass is 9.94. The van der Waals surface area contributed by atoms with E-state index in [1.165, 1.54) is 11.3 Å². The number of Topliss-reactive ketones (excluding diaryl/α,β-unsaturated/α-hetero) is 1. The van der Waals surface area contributed by atoms with E-state index >= 15 is 0 Å². The Morgan fingerprint density at radius 2 is 1.76 bits per heavy atom. The first-order chi connectivity index (χ1) is 10.1. The summed E-state index contributed by atoms with van der Waals surface area (Å²) in [6.07, 6.45) is 0.945. The van der Waals surface area contributed by atoms with Crippen LogP contribution in [0.25, 0.3) is 0 Å². The number of carbonyl (C=O) groups excluding carboxylic acids is 1. The molecule has 21 heavy (non-hydrogen) atoms. The zero-order valence-electron chi connectivity index (χ0n) is 12.7. The summed E-state index contributed by atoms with van der Waals surface area (Å²) in [7, 11) is 0. The van der Waals surface area contributed by atoms with Crippen molar-refractivity contribution in [1.29, 1.82) is 0 Å². The minimum Gasteiger partial charge on any atom is -0.371 e. The third-order valence-electron chi connectivity index (χ3n) is 4.37. The van der Waals surface area contributed by atoms with E-state index in [-0.39, 0.29) is 5.92 Å². The van der Waals surface area contributed by atoms with Gasteiger partial charge in [-0.25, -0.2) is 0 Å². The van der Waals surface area contributed by atoms with Gasteiger partial charge in [0.1, 0.15) is 0 Å². The highest BCUT2D eigenvalue weighted by Crippen LogP contribution is 2.27. The van der Waals surface area contributed by atoms with Crippen LogP contribution in [0.3, 0.4) is 0 Å². The van der Waals surface area contributed by atoms with Crippen LogP contribution < -0.4 is 4.90 Å². The van der Waals surface area contributed by atoms with E-state index < -0.39 is 0 Å². The molecule has 2 aromatic rings. The first-order valence-corrected chi connectivity index (χ1v) is 7.56. The SMILES string of the molecule is Cc1ccc(N2CCC(C(=O)c3ccccc3C)C2)cc1. The highest BCUT2D eigenvalue weighted by atomic mass is 16.1. The van der Waals surface area contributed by atoms with Gasteiger partial charge in [-0.3, -0.25) is 4.79 Å². The molecule has 2 heteroatoms. The number of anilines is 1. The Bertz CT molecular complexity index is 645. The van der Waals surface area contributed by atoms with E-state index in [0.29, 0.717) is 5.78 Å². The first-order valence-electron chi connectivity index (χ1n) is 7.56. The molecule has 108 valence electrons. The number of nitrogens with zero attached hydrogens (tertiary/aromatic N) is 1.